The Labute approximate surface area is 99.9 Å². The number of pyridine rings is 1. The second-order valence-electron chi connectivity index (χ2n) is 4.86. The van der Waals surface area contributed by atoms with Crippen molar-refractivity contribution in [3.8, 4) is 0 Å². The van der Waals surface area contributed by atoms with E-state index in [1.165, 1.54) is 6.20 Å². The Bertz CT molecular complexity index is 461. The van der Waals surface area contributed by atoms with Crippen LogP contribution in [0, 0.1) is 12.3 Å². The summed E-state index contributed by atoms with van der Waals surface area (Å²) in [7, 11) is 0. The molecule has 0 aliphatic rings. The molecule has 0 saturated heterocycles. The summed E-state index contributed by atoms with van der Waals surface area (Å²) in [5.74, 6) is -1.27. The summed E-state index contributed by atoms with van der Waals surface area (Å²) >= 11 is 0. The average molecular weight is 236 g/mol. The van der Waals surface area contributed by atoms with Gasteiger partial charge < -0.3 is 10.4 Å². The Morgan fingerprint density at radius 1 is 1.35 bits per heavy atom. The van der Waals surface area contributed by atoms with E-state index in [4.69, 9.17) is 5.11 Å². The molecule has 92 valence electrons. The third kappa shape index (κ3) is 3.03. The van der Waals surface area contributed by atoms with Gasteiger partial charge in [-0.3, -0.25) is 4.79 Å². The lowest BCUT2D eigenvalue weighted by Crippen LogP contribution is -2.29. The summed E-state index contributed by atoms with van der Waals surface area (Å²) in [5, 5.41) is 11.6. The highest BCUT2D eigenvalue weighted by Gasteiger charge is 2.24. The van der Waals surface area contributed by atoms with Gasteiger partial charge in [-0.05, 0) is 18.6 Å². The zero-order chi connectivity index (χ0) is 13.2. The average Bonchev–Trinajstić information content (AvgIpc) is 2.15. The van der Waals surface area contributed by atoms with Crippen LogP contribution in [0.4, 0.5) is 5.82 Å². The van der Waals surface area contributed by atoms with Crippen LogP contribution in [0.25, 0.3) is 0 Å². The Balaban J connectivity index is 3.12. The molecular formula is C12H16N2O3. The van der Waals surface area contributed by atoms with Crippen LogP contribution >= 0.6 is 0 Å². The van der Waals surface area contributed by atoms with E-state index < -0.39 is 11.4 Å². The summed E-state index contributed by atoms with van der Waals surface area (Å²) in [6.07, 6.45) is 1.47. The van der Waals surface area contributed by atoms with Crippen molar-refractivity contribution in [3.63, 3.8) is 0 Å². The highest BCUT2D eigenvalue weighted by molar-refractivity contribution is 6.01. The number of nitrogens with one attached hydrogen (secondary N) is 1. The smallest absolute Gasteiger partial charge is 0.339 e. The molecule has 2 N–H and O–H groups in total. The Hall–Kier alpha value is -1.91. The maximum absolute atomic E-state index is 11.8. The number of carbonyl (C=O) groups excluding carboxylic acids is 1. The van der Waals surface area contributed by atoms with Crippen LogP contribution in [0.1, 0.15) is 36.7 Å². The van der Waals surface area contributed by atoms with E-state index in [1.54, 1.807) is 33.8 Å². The number of carboxylic acids is 1. The van der Waals surface area contributed by atoms with Gasteiger partial charge in [0.15, 0.2) is 0 Å². The van der Waals surface area contributed by atoms with Crippen molar-refractivity contribution in [2.75, 3.05) is 5.32 Å². The molecule has 0 bridgehead atoms. The predicted molar refractivity (Wildman–Crippen MR) is 64.0 cm³/mol. The van der Waals surface area contributed by atoms with Crippen molar-refractivity contribution in [3.05, 3.63) is 23.4 Å². The molecule has 1 aromatic heterocycles. The number of aromatic carboxylic acids is 1. The summed E-state index contributed by atoms with van der Waals surface area (Å²) in [5.41, 5.74) is 0.00287. The van der Waals surface area contributed by atoms with Gasteiger partial charge in [0.1, 0.15) is 11.4 Å². The second kappa shape index (κ2) is 4.53. The minimum absolute atomic E-state index is 0.0325. The lowest BCUT2D eigenvalue weighted by molar-refractivity contribution is -0.123. The number of hydrogen-bond donors (Lipinski definition) is 2. The van der Waals surface area contributed by atoms with E-state index in [2.05, 4.69) is 10.3 Å². The van der Waals surface area contributed by atoms with Crippen molar-refractivity contribution < 1.29 is 14.7 Å². The van der Waals surface area contributed by atoms with Gasteiger partial charge in [-0.25, -0.2) is 9.78 Å². The lowest BCUT2D eigenvalue weighted by Gasteiger charge is -2.18. The molecule has 5 heteroatoms. The van der Waals surface area contributed by atoms with Crippen LogP contribution in [0.15, 0.2) is 12.3 Å². The zero-order valence-electron chi connectivity index (χ0n) is 10.4. The van der Waals surface area contributed by atoms with Crippen LogP contribution in [0.3, 0.4) is 0 Å². The van der Waals surface area contributed by atoms with Crippen molar-refractivity contribution >= 4 is 17.7 Å². The van der Waals surface area contributed by atoms with Gasteiger partial charge in [0.2, 0.25) is 5.91 Å². The second-order valence-corrected chi connectivity index (χ2v) is 4.86. The Kier molecular flexibility index (Phi) is 3.50. The van der Waals surface area contributed by atoms with E-state index in [0.717, 1.165) is 0 Å². The van der Waals surface area contributed by atoms with Crippen molar-refractivity contribution in [2.45, 2.75) is 27.7 Å². The van der Waals surface area contributed by atoms with E-state index in [-0.39, 0.29) is 17.3 Å². The molecule has 1 rings (SSSR count). The van der Waals surface area contributed by atoms with Gasteiger partial charge in [-0.2, -0.15) is 0 Å². The molecule has 5 nitrogen and oxygen atoms in total. The minimum Gasteiger partial charge on any atom is -0.478 e. The number of aryl methyl sites for hydroxylation is 1. The number of carbonyl (C=O) groups is 2. The topological polar surface area (TPSA) is 79.3 Å². The first-order valence-corrected chi connectivity index (χ1v) is 5.24. The summed E-state index contributed by atoms with van der Waals surface area (Å²) < 4.78 is 0. The first kappa shape index (κ1) is 13.2. The summed E-state index contributed by atoms with van der Waals surface area (Å²) in [4.78, 5) is 26.8. The molecule has 1 heterocycles. The van der Waals surface area contributed by atoms with Gasteiger partial charge >= 0.3 is 5.97 Å². The molecule has 0 aromatic carbocycles. The maximum atomic E-state index is 11.8. The molecule has 0 atom stereocenters. The zero-order valence-corrected chi connectivity index (χ0v) is 10.4. The number of hydrogen-bond acceptors (Lipinski definition) is 3. The molecule has 0 spiro atoms. The van der Waals surface area contributed by atoms with Gasteiger partial charge in [-0.1, -0.05) is 20.8 Å². The first-order valence-electron chi connectivity index (χ1n) is 5.24. The molecule has 0 aliphatic heterocycles. The first-order chi connectivity index (χ1) is 7.73. The van der Waals surface area contributed by atoms with Crippen LogP contribution in [0.2, 0.25) is 0 Å². The largest absolute Gasteiger partial charge is 0.478 e. The number of rotatable bonds is 2. The van der Waals surface area contributed by atoms with Gasteiger partial charge in [0, 0.05) is 11.6 Å². The minimum atomic E-state index is -1.10. The highest BCUT2D eigenvalue weighted by atomic mass is 16.4. The molecule has 17 heavy (non-hydrogen) atoms. The standard InChI is InChI=1S/C12H16N2O3/c1-7-5-6-13-9(8(7)10(15)16)14-11(17)12(2,3)4/h5-6H,1-4H3,(H,15,16)(H,13,14,17). The molecule has 0 saturated carbocycles. The van der Waals surface area contributed by atoms with E-state index in [1.807, 2.05) is 0 Å². The van der Waals surface area contributed by atoms with Crippen LogP contribution in [-0.2, 0) is 4.79 Å². The number of nitrogens with zero attached hydrogens (tertiary/aromatic N) is 1. The quantitative estimate of drug-likeness (QED) is 0.823. The Morgan fingerprint density at radius 2 is 1.94 bits per heavy atom. The fraction of sp³-hybridized carbons (Fsp3) is 0.417. The summed E-state index contributed by atoms with van der Waals surface area (Å²) in [6, 6.07) is 1.59. The van der Waals surface area contributed by atoms with E-state index in [9.17, 15) is 9.59 Å². The number of anilines is 1. The molecule has 0 unspecified atom stereocenters. The van der Waals surface area contributed by atoms with Crippen molar-refractivity contribution in [2.24, 2.45) is 5.41 Å². The van der Waals surface area contributed by atoms with E-state index in [0.29, 0.717) is 5.56 Å². The maximum Gasteiger partial charge on any atom is 0.339 e. The molecule has 0 radical (unpaired) electrons. The number of aromatic nitrogens is 1. The van der Waals surface area contributed by atoms with Gasteiger partial charge in [0.25, 0.3) is 0 Å². The van der Waals surface area contributed by atoms with Gasteiger partial charge in [0.05, 0.1) is 0 Å². The highest BCUT2D eigenvalue weighted by Crippen LogP contribution is 2.20. The third-order valence-corrected chi connectivity index (χ3v) is 2.29. The fourth-order valence-electron chi connectivity index (χ4n) is 1.22. The molecule has 1 aromatic rings. The molecule has 1 amide bonds. The normalized spacial score (nSPS) is 11.1. The number of amides is 1. The molecule has 0 fully saturated rings. The molecule has 0 aliphatic carbocycles. The monoisotopic (exact) mass is 236 g/mol. The fourth-order valence-corrected chi connectivity index (χ4v) is 1.22. The lowest BCUT2D eigenvalue weighted by atomic mass is 9.95. The predicted octanol–water partition coefficient (Wildman–Crippen LogP) is 2.07. The van der Waals surface area contributed by atoms with E-state index >= 15 is 0 Å². The Morgan fingerprint density at radius 3 is 2.41 bits per heavy atom. The number of carboxylic acid groups (broad SMARTS) is 1. The van der Waals surface area contributed by atoms with Crippen LogP contribution in [-0.4, -0.2) is 22.0 Å². The van der Waals surface area contributed by atoms with Crippen molar-refractivity contribution in [1.82, 2.24) is 4.98 Å². The SMILES string of the molecule is Cc1ccnc(NC(=O)C(C)(C)C)c1C(=O)O. The van der Waals surface area contributed by atoms with Crippen molar-refractivity contribution in [1.29, 1.82) is 0 Å². The summed E-state index contributed by atoms with van der Waals surface area (Å²) in [6.45, 7) is 6.91. The molecular weight excluding hydrogens is 220 g/mol. The third-order valence-electron chi connectivity index (χ3n) is 2.29. The van der Waals surface area contributed by atoms with Crippen LogP contribution in [0.5, 0.6) is 0 Å². The van der Waals surface area contributed by atoms with Gasteiger partial charge in [-0.15, -0.1) is 0 Å². The van der Waals surface area contributed by atoms with Crippen LogP contribution < -0.4 is 5.32 Å².